The maximum atomic E-state index is 13.2. The predicted octanol–water partition coefficient (Wildman–Crippen LogP) is 6.09. The summed E-state index contributed by atoms with van der Waals surface area (Å²) < 4.78 is 0. The quantitative estimate of drug-likeness (QED) is 0.595. The van der Waals surface area contributed by atoms with Gasteiger partial charge in [0.1, 0.15) is 0 Å². The molecule has 28 heavy (non-hydrogen) atoms. The molecule has 6 heteroatoms. The van der Waals surface area contributed by atoms with Crippen LogP contribution in [0.15, 0.2) is 47.7 Å². The molecule has 142 valence electrons. The summed E-state index contributed by atoms with van der Waals surface area (Å²) in [6.45, 7) is 4.19. The number of Topliss-reactive ketones (excluding diaryl/α,β-unsaturated/α-hetero) is 1. The van der Waals surface area contributed by atoms with Crippen molar-refractivity contribution in [2.45, 2.75) is 32.7 Å². The molecule has 1 atom stereocenters. The number of fused-ring (bicyclic) bond motifs is 1. The number of hydrogen-bond donors (Lipinski definition) is 2. The lowest BCUT2D eigenvalue weighted by atomic mass is 9.73. The first-order valence-corrected chi connectivity index (χ1v) is 9.82. The number of rotatable bonds is 1. The average Bonchev–Trinajstić information content (AvgIpc) is 2.76. The van der Waals surface area contributed by atoms with E-state index in [1.165, 1.54) is 0 Å². The Morgan fingerprint density at radius 3 is 2.61 bits per heavy atom. The molecule has 2 aliphatic rings. The van der Waals surface area contributed by atoms with Crippen LogP contribution in [0.3, 0.4) is 0 Å². The molecule has 1 heterocycles. The maximum Gasteiger partial charge on any atom is 0.163 e. The normalized spacial score (nSPS) is 20.2. The summed E-state index contributed by atoms with van der Waals surface area (Å²) in [5.74, 6) is 0.0931. The van der Waals surface area contributed by atoms with Crippen LogP contribution >= 0.6 is 23.2 Å². The van der Waals surface area contributed by atoms with Gasteiger partial charge >= 0.3 is 0 Å². The first kappa shape index (κ1) is 18.9. The molecule has 0 saturated carbocycles. The number of allylic oxidation sites excluding steroid dienone is 1. The molecule has 1 aliphatic heterocycles. The Morgan fingerprint density at radius 2 is 1.89 bits per heavy atom. The van der Waals surface area contributed by atoms with Crippen LogP contribution in [0.4, 0.5) is 11.4 Å². The zero-order valence-corrected chi connectivity index (χ0v) is 17.1. The Bertz CT molecular complexity index is 1070. The van der Waals surface area contributed by atoms with E-state index in [1.54, 1.807) is 24.3 Å². The molecule has 4 rings (SSSR count). The van der Waals surface area contributed by atoms with Gasteiger partial charge in [-0.2, -0.15) is 5.26 Å². The molecule has 0 saturated heterocycles. The van der Waals surface area contributed by atoms with Crippen molar-refractivity contribution >= 4 is 40.4 Å². The Balaban J connectivity index is 1.92. The Labute approximate surface area is 174 Å². The van der Waals surface area contributed by atoms with E-state index in [2.05, 4.69) is 30.6 Å². The number of nitriles is 1. The molecule has 0 fully saturated rings. The predicted molar refractivity (Wildman–Crippen MR) is 113 cm³/mol. The zero-order chi connectivity index (χ0) is 20.1. The van der Waals surface area contributed by atoms with Crippen molar-refractivity contribution in [3.8, 4) is 6.07 Å². The minimum atomic E-state index is -0.425. The molecule has 2 N–H and O–H groups in total. The topological polar surface area (TPSA) is 64.9 Å². The van der Waals surface area contributed by atoms with Crippen molar-refractivity contribution in [2.24, 2.45) is 5.41 Å². The van der Waals surface area contributed by atoms with Gasteiger partial charge in [0.25, 0.3) is 0 Å². The van der Waals surface area contributed by atoms with Gasteiger partial charge in [0, 0.05) is 27.7 Å². The molecule has 2 aromatic rings. The number of hydrogen-bond acceptors (Lipinski definition) is 4. The van der Waals surface area contributed by atoms with E-state index >= 15 is 0 Å². The third-order valence-corrected chi connectivity index (χ3v) is 5.78. The number of ketones is 1. The van der Waals surface area contributed by atoms with Crippen molar-refractivity contribution in [1.29, 1.82) is 5.26 Å². The largest absolute Gasteiger partial charge is 0.372 e. The van der Waals surface area contributed by atoms with Gasteiger partial charge in [0.15, 0.2) is 5.78 Å². The first-order valence-electron chi connectivity index (χ1n) is 9.06. The summed E-state index contributed by atoms with van der Waals surface area (Å²) >= 11 is 12.6. The number of carbonyl (C=O) groups excluding carboxylic acids is 1. The number of nitrogens with one attached hydrogen (secondary N) is 2. The number of halogens is 2. The summed E-state index contributed by atoms with van der Waals surface area (Å²) in [7, 11) is 0. The van der Waals surface area contributed by atoms with Gasteiger partial charge in [-0.3, -0.25) is 4.79 Å². The summed E-state index contributed by atoms with van der Waals surface area (Å²) in [4.78, 5) is 13.2. The van der Waals surface area contributed by atoms with Gasteiger partial charge < -0.3 is 10.6 Å². The van der Waals surface area contributed by atoms with E-state index in [1.807, 2.05) is 12.1 Å². The summed E-state index contributed by atoms with van der Waals surface area (Å²) in [6.07, 6.45) is 1.22. The van der Waals surface area contributed by atoms with Crippen molar-refractivity contribution in [1.82, 2.24) is 0 Å². The summed E-state index contributed by atoms with van der Waals surface area (Å²) in [5, 5.41) is 17.2. The standard InChI is InChI=1S/C22H19Cl2N3O/c1-22(2)9-18-20(19(28)10-22)21(14-5-4-13(23)8-15(14)24)27-17-7-12(11-25)3-6-16(17)26-18/h3-8,21,26-27H,9-10H2,1-2H3. The van der Waals surface area contributed by atoms with Gasteiger partial charge in [-0.25, -0.2) is 0 Å². The highest BCUT2D eigenvalue weighted by Gasteiger charge is 2.39. The molecular weight excluding hydrogens is 393 g/mol. The third kappa shape index (κ3) is 3.37. The minimum absolute atomic E-state index is 0.0931. The second-order valence-electron chi connectivity index (χ2n) is 8.07. The van der Waals surface area contributed by atoms with E-state index in [-0.39, 0.29) is 11.2 Å². The molecular formula is C22H19Cl2N3O. The molecule has 2 aromatic carbocycles. The monoisotopic (exact) mass is 411 g/mol. The number of carbonyl (C=O) groups is 1. The van der Waals surface area contributed by atoms with Crippen molar-refractivity contribution in [3.05, 3.63) is 68.8 Å². The van der Waals surface area contributed by atoms with Crippen LogP contribution < -0.4 is 10.6 Å². The van der Waals surface area contributed by atoms with Crippen molar-refractivity contribution < 1.29 is 4.79 Å². The Hall–Kier alpha value is -2.48. The highest BCUT2D eigenvalue weighted by molar-refractivity contribution is 6.35. The molecule has 1 aliphatic carbocycles. The maximum absolute atomic E-state index is 13.2. The molecule has 4 nitrogen and oxygen atoms in total. The molecule has 1 unspecified atom stereocenters. The highest BCUT2D eigenvalue weighted by atomic mass is 35.5. The lowest BCUT2D eigenvalue weighted by molar-refractivity contribution is -0.118. The fourth-order valence-electron chi connectivity index (χ4n) is 3.98. The van der Waals surface area contributed by atoms with Crippen molar-refractivity contribution in [3.63, 3.8) is 0 Å². The molecule has 0 bridgehead atoms. The van der Waals surface area contributed by atoms with Crippen LogP contribution in [0, 0.1) is 16.7 Å². The zero-order valence-electron chi connectivity index (χ0n) is 15.6. The second kappa shape index (κ2) is 6.84. The second-order valence-corrected chi connectivity index (χ2v) is 8.92. The van der Waals surface area contributed by atoms with Crippen LogP contribution in [-0.4, -0.2) is 5.78 Å². The van der Waals surface area contributed by atoms with Crippen LogP contribution in [0.25, 0.3) is 0 Å². The number of nitrogens with zero attached hydrogens (tertiary/aromatic N) is 1. The van der Waals surface area contributed by atoms with Crippen LogP contribution in [0.2, 0.25) is 10.0 Å². The molecule has 0 spiro atoms. The van der Waals surface area contributed by atoms with E-state index in [0.29, 0.717) is 27.6 Å². The molecule has 0 aromatic heterocycles. The van der Waals surface area contributed by atoms with Gasteiger partial charge in [-0.05, 0) is 47.7 Å². The Morgan fingerprint density at radius 1 is 1.11 bits per heavy atom. The Kier molecular flexibility index (Phi) is 4.61. The lowest BCUT2D eigenvalue weighted by Gasteiger charge is -2.34. The molecule has 0 amide bonds. The number of benzene rings is 2. The SMILES string of the molecule is CC1(C)CC(=O)C2=C(C1)Nc1ccc(C#N)cc1NC2c1ccc(Cl)cc1Cl. The van der Waals surface area contributed by atoms with E-state index in [0.717, 1.165) is 29.1 Å². The molecule has 0 radical (unpaired) electrons. The van der Waals surface area contributed by atoms with E-state index in [9.17, 15) is 10.1 Å². The summed E-state index contributed by atoms with van der Waals surface area (Å²) in [5.41, 5.74) is 4.38. The van der Waals surface area contributed by atoms with Gasteiger partial charge in [-0.1, -0.05) is 43.1 Å². The van der Waals surface area contributed by atoms with E-state index < -0.39 is 6.04 Å². The summed E-state index contributed by atoms with van der Waals surface area (Å²) in [6, 6.07) is 12.5. The van der Waals surface area contributed by atoms with Crippen molar-refractivity contribution in [2.75, 3.05) is 10.6 Å². The minimum Gasteiger partial charge on any atom is -0.372 e. The van der Waals surface area contributed by atoms with Gasteiger partial charge in [-0.15, -0.1) is 0 Å². The first-order chi connectivity index (χ1) is 13.3. The van der Waals surface area contributed by atoms with Crippen LogP contribution in [-0.2, 0) is 4.79 Å². The third-order valence-electron chi connectivity index (χ3n) is 5.22. The highest BCUT2D eigenvalue weighted by Crippen LogP contribution is 2.46. The van der Waals surface area contributed by atoms with Gasteiger partial charge in [0.05, 0.1) is 29.0 Å². The smallest absolute Gasteiger partial charge is 0.163 e. The van der Waals surface area contributed by atoms with Gasteiger partial charge in [0.2, 0.25) is 0 Å². The van der Waals surface area contributed by atoms with E-state index in [4.69, 9.17) is 23.2 Å². The fraction of sp³-hybridized carbons (Fsp3) is 0.273. The average molecular weight is 412 g/mol. The number of anilines is 2. The van der Waals surface area contributed by atoms with Crippen LogP contribution in [0.1, 0.15) is 43.9 Å². The lowest BCUT2D eigenvalue weighted by Crippen LogP contribution is -2.31. The fourth-order valence-corrected chi connectivity index (χ4v) is 4.50. The van der Waals surface area contributed by atoms with Crippen LogP contribution in [0.5, 0.6) is 0 Å².